The van der Waals surface area contributed by atoms with Gasteiger partial charge in [-0.25, -0.2) is 0 Å². The first-order valence-corrected chi connectivity index (χ1v) is 6.99. The van der Waals surface area contributed by atoms with E-state index in [1.807, 2.05) is 0 Å². The molecule has 0 unspecified atom stereocenters. The van der Waals surface area contributed by atoms with Crippen LogP contribution >= 0.6 is 0 Å². The molecular formula is C16H26O2. The van der Waals surface area contributed by atoms with Gasteiger partial charge in [-0.1, -0.05) is 53.2 Å². The maximum absolute atomic E-state index is 5.49. The van der Waals surface area contributed by atoms with Crippen LogP contribution in [0.2, 0.25) is 0 Å². The molecule has 0 aliphatic heterocycles. The first-order chi connectivity index (χ1) is 8.56. The number of benzene rings is 1. The summed E-state index contributed by atoms with van der Waals surface area (Å²) in [5.41, 5.74) is 2.49. The van der Waals surface area contributed by atoms with Gasteiger partial charge < -0.3 is 4.89 Å². The Morgan fingerprint density at radius 3 is 2.33 bits per heavy atom. The van der Waals surface area contributed by atoms with Crippen LogP contribution in [0, 0.1) is 0 Å². The molecule has 0 atom stereocenters. The topological polar surface area (TPSA) is 18.5 Å². The highest BCUT2D eigenvalue weighted by atomic mass is 17.2. The number of unbranched alkanes of at least 4 members (excludes halogenated alkanes) is 1. The standard InChI is InChI=1S/C16H26O2/c1-6-7-10-17-18-16-11-14(12(2)3)8-9-15(16)13(4)5/h8-9,11-13H,6-7,10H2,1-5H3. The molecule has 1 aromatic rings. The second kappa shape index (κ2) is 7.42. The van der Waals surface area contributed by atoms with E-state index in [4.69, 9.17) is 9.78 Å². The first kappa shape index (κ1) is 15.0. The molecule has 2 nitrogen and oxygen atoms in total. The van der Waals surface area contributed by atoms with Crippen molar-refractivity contribution >= 4 is 0 Å². The van der Waals surface area contributed by atoms with E-state index in [0.29, 0.717) is 18.4 Å². The van der Waals surface area contributed by atoms with Gasteiger partial charge in [-0.05, 0) is 29.9 Å². The molecule has 0 saturated carbocycles. The zero-order chi connectivity index (χ0) is 13.5. The number of hydrogen-bond acceptors (Lipinski definition) is 2. The number of rotatable bonds is 7. The summed E-state index contributed by atoms with van der Waals surface area (Å²) in [7, 11) is 0. The second-order valence-corrected chi connectivity index (χ2v) is 5.37. The molecule has 0 aliphatic rings. The van der Waals surface area contributed by atoms with Crippen molar-refractivity contribution < 1.29 is 9.78 Å². The largest absolute Gasteiger partial charge is 0.337 e. The van der Waals surface area contributed by atoms with Crippen molar-refractivity contribution in [2.75, 3.05) is 6.61 Å². The lowest BCUT2D eigenvalue weighted by Gasteiger charge is -2.15. The van der Waals surface area contributed by atoms with Gasteiger partial charge in [0.2, 0.25) is 0 Å². The molecule has 1 aromatic carbocycles. The van der Waals surface area contributed by atoms with Crippen LogP contribution < -0.4 is 4.89 Å². The fourth-order valence-corrected chi connectivity index (χ4v) is 1.77. The third-order valence-corrected chi connectivity index (χ3v) is 3.06. The van der Waals surface area contributed by atoms with Crippen LogP contribution in [0.25, 0.3) is 0 Å². The lowest BCUT2D eigenvalue weighted by molar-refractivity contribution is -0.207. The Bertz CT molecular complexity index is 356. The molecule has 0 spiro atoms. The minimum Gasteiger partial charge on any atom is -0.337 e. The van der Waals surface area contributed by atoms with Crippen LogP contribution in [0.3, 0.4) is 0 Å². The normalized spacial score (nSPS) is 11.3. The Hall–Kier alpha value is -1.02. The average Bonchev–Trinajstić information content (AvgIpc) is 2.34. The van der Waals surface area contributed by atoms with E-state index in [1.165, 1.54) is 11.1 Å². The summed E-state index contributed by atoms with van der Waals surface area (Å²) in [4.78, 5) is 10.8. The Morgan fingerprint density at radius 2 is 1.78 bits per heavy atom. The van der Waals surface area contributed by atoms with E-state index in [9.17, 15) is 0 Å². The molecule has 0 heterocycles. The molecule has 1 rings (SSSR count). The van der Waals surface area contributed by atoms with Gasteiger partial charge in [0.15, 0.2) is 5.75 Å². The summed E-state index contributed by atoms with van der Waals surface area (Å²) in [6.07, 6.45) is 2.15. The summed E-state index contributed by atoms with van der Waals surface area (Å²) in [5, 5.41) is 0. The van der Waals surface area contributed by atoms with E-state index in [2.05, 4.69) is 52.8 Å². The van der Waals surface area contributed by atoms with Gasteiger partial charge in [0, 0.05) is 5.56 Å². The van der Waals surface area contributed by atoms with E-state index in [1.54, 1.807) is 0 Å². The van der Waals surface area contributed by atoms with E-state index < -0.39 is 0 Å². The molecule has 0 aromatic heterocycles. The van der Waals surface area contributed by atoms with Crippen molar-refractivity contribution in [1.29, 1.82) is 0 Å². The summed E-state index contributed by atoms with van der Waals surface area (Å²) < 4.78 is 0. The van der Waals surface area contributed by atoms with Crippen LogP contribution in [0.1, 0.15) is 70.4 Å². The zero-order valence-electron chi connectivity index (χ0n) is 12.3. The van der Waals surface area contributed by atoms with E-state index in [0.717, 1.165) is 18.6 Å². The van der Waals surface area contributed by atoms with Crippen LogP contribution in [-0.4, -0.2) is 6.61 Å². The summed E-state index contributed by atoms with van der Waals surface area (Å²) in [6.45, 7) is 11.5. The molecule has 0 radical (unpaired) electrons. The second-order valence-electron chi connectivity index (χ2n) is 5.37. The van der Waals surface area contributed by atoms with Crippen molar-refractivity contribution in [3.05, 3.63) is 29.3 Å². The van der Waals surface area contributed by atoms with E-state index in [-0.39, 0.29) is 0 Å². The van der Waals surface area contributed by atoms with Gasteiger partial charge in [-0.3, -0.25) is 0 Å². The minimum atomic E-state index is 0.441. The molecular weight excluding hydrogens is 224 g/mol. The monoisotopic (exact) mass is 250 g/mol. The van der Waals surface area contributed by atoms with E-state index >= 15 is 0 Å². The molecule has 2 heteroatoms. The average molecular weight is 250 g/mol. The Balaban J connectivity index is 2.79. The maximum atomic E-state index is 5.49. The molecule has 0 amide bonds. The predicted molar refractivity (Wildman–Crippen MR) is 76.1 cm³/mol. The molecule has 18 heavy (non-hydrogen) atoms. The highest BCUT2D eigenvalue weighted by Crippen LogP contribution is 2.30. The lowest BCUT2D eigenvalue weighted by atomic mass is 9.96. The highest BCUT2D eigenvalue weighted by molar-refractivity contribution is 5.40. The van der Waals surface area contributed by atoms with Crippen LogP contribution in [0.5, 0.6) is 5.75 Å². The Labute approximate surface area is 111 Å². The highest BCUT2D eigenvalue weighted by Gasteiger charge is 2.11. The lowest BCUT2D eigenvalue weighted by Crippen LogP contribution is -2.03. The van der Waals surface area contributed by atoms with Crippen molar-refractivity contribution in [3.63, 3.8) is 0 Å². The Kier molecular flexibility index (Phi) is 6.20. The number of hydrogen-bond donors (Lipinski definition) is 0. The van der Waals surface area contributed by atoms with Crippen molar-refractivity contribution in [3.8, 4) is 5.75 Å². The maximum Gasteiger partial charge on any atom is 0.169 e. The summed E-state index contributed by atoms with van der Waals surface area (Å²) in [5.74, 6) is 1.81. The first-order valence-electron chi connectivity index (χ1n) is 6.99. The van der Waals surface area contributed by atoms with Crippen molar-refractivity contribution in [1.82, 2.24) is 0 Å². The Morgan fingerprint density at radius 1 is 1.06 bits per heavy atom. The van der Waals surface area contributed by atoms with Gasteiger partial charge in [0.25, 0.3) is 0 Å². The fourth-order valence-electron chi connectivity index (χ4n) is 1.77. The van der Waals surface area contributed by atoms with Gasteiger partial charge in [0.05, 0.1) is 6.61 Å². The molecule has 0 bridgehead atoms. The molecule has 102 valence electrons. The van der Waals surface area contributed by atoms with Gasteiger partial charge in [-0.15, -0.1) is 0 Å². The molecule has 0 aliphatic carbocycles. The van der Waals surface area contributed by atoms with Gasteiger partial charge in [0.1, 0.15) is 0 Å². The summed E-state index contributed by atoms with van der Waals surface area (Å²) >= 11 is 0. The smallest absolute Gasteiger partial charge is 0.169 e. The predicted octanol–water partition coefficient (Wildman–Crippen LogP) is 5.04. The SMILES string of the molecule is CCCCOOc1cc(C(C)C)ccc1C(C)C. The van der Waals surface area contributed by atoms with Gasteiger partial charge in [-0.2, -0.15) is 4.89 Å². The third-order valence-electron chi connectivity index (χ3n) is 3.06. The van der Waals surface area contributed by atoms with Crippen LogP contribution in [-0.2, 0) is 4.89 Å². The zero-order valence-corrected chi connectivity index (χ0v) is 12.3. The van der Waals surface area contributed by atoms with Crippen LogP contribution in [0.15, 0.2) is 18.2 Å². The molecule has 0 saturated heterocycles. The molecule has 0 N–H and O–H groups in total. The van der Waals surface area contributed by atoms with Gasteiger partial charge >= 0.3 is 0 Å². The quantitative estimate of drug-likeness (QED) is 0.383. The summed E-state index contributed by atoms with van der Waals surface area (Å²) in [6, 6.07) is 6.43. The fraction of sp³-hybridized carbons (Fsp3) is 0.625. The third kappa shape index (κ3) is 4.34. The van der Waals surface area contributed by atoms with Crippen LogP contribution in [0.4, 0.5) is 0 Å². The minimum absolute atomic E-state index is 0.441. The van der Waals surface area contributed by atoms with Crippen molar-refractivity contribution in [2.24, 2.45) is 0 Å². The molecule has 0 fully saturated rings. The van der Waals surface area contributed by atoms with Crippen molar-refractivity contribution in [2.45, 2.75) is 59.3 Å².